The Morgan fingerprint density at radius 3 is 1.39 bits per heavy atom. The first kappa shape index (κ1) is 34.9. The molecule has 1 rings (SSSR count). The topological polar surface area (TPSA) is 124 Å². The van der Waals surface area contributed by atoms with E-state index in [0.29, 0.717) is 112 Å². The fraction of sp³-hybridized carbons (Fsp3) is 0.962. The highest BCUT2D eigenvalue weighted by Gasteiger charge is 2.15. The van der Waals surface area contributed by atoms with Crippen LogP contribution in [0.2, 0.25) is 0 Å². The van der Waals surface area contributed by atoms with Crippen LogP contribution in [-0.2, 0) is 42.6 Å². The van der Waals surface area contributed by atoms with Crippen LogP contribution in [0.5, 0.6) is 0 Å². The number of hydrogen-bond acceptors (Lipinski definition) is 11. The molecule has 0 aromatic rings. The molecule has 1 fully saturated rings. The molecule has 1 amide bonds. The van der Waals surface area contributed by atoms with Gasteiger partial charge in [-0.3, -0.25) is 0 Å². The Morgan fingerprint density at radius 1 is 0.632 bits per heavy atom. The van der Waals surface area contributed by atoms with Gasteiger partial charge in [-0.15, -0.1) is 0 Å². The summed E-state index contributed by atoms with van der Waals surface area (Å²) in [5.74, 6) is 0. The van der Waals surface area contributed by atoms with Crippen LogP contribution in [0.4, 0.5) is 4.79 Å². The number of alkyl carbamates (subject to hydrolysis) is 1. The van der Waals surface area contributed by atoms with Crippen molar-refractivity contribution in [1.29, 1.82) is 0 Å². The highest BCUT2D eigenvalue weighted by Crippen LogP contribution is 2.07. The van der Waals surface area contributed by atoms with Gasteiger partial charge < -0.3 is 53.3 Å². The lowest BCUT2D eigenvalue weighted by Crippen LogP contribution is -2.34. The van der Waals surface area contributed by atoms with Crippen molar-refractivity contribution in [3.8, 4) is 0 Å². The number of amides is 1. The summed E-state index contributed by atoms with van der Waals surface area (Å²) in [6, 6.07) is 0. The highest BCUT2D eigenvalue weighted by molar-refractivity contribution is 5.67. The van der Waals surface area contributed by atoms with Crippen molar-refractivity contribution in [2.45, 2.75) is 45.3 Å². The number of carbonyl (C=O) groups excluding carboxylic acids is 1. The van der Waals surface area contributed by atoms with E-state index in [-0.39, 0.29) is 0 Å². The summed E-state index contributed by atoms with van der Waals surface area (Å²) in [6.45, 7) is 15.7. The molecule has 0 saturated carbocycles. The van der Waals surface area contributed by atoms with Gasteiger partial charge in [-0.2, -0.15) is 0 Å². The molecule has 1 aliphatic heterocycles. The molecule has 0 spiro atoms. The maximum absolute atomic E-state index is 11.5. The van der Waals surface area contributed by atoms with Gasteiger partial charge >= 0.3 is 6.09 Å². The minimum Gasteiger partial charge on any atom is -0.444 e. The first-order valence-corrected chi connectivity index (χ1v) is 13.8. The maximum Gasteiger partial charge on any atom is 0.407 e. The molecule has 0 atom stereocenters. The van der Waals surface area contributed by atoms with Crippen LogP contribution in [0.25, 0.3) is 0 Å². The molecular weight excluding hydrogens is 500 g/mol. The molecule has 12 nitrogen and oxygen atoms in total. The second kappa shape index (κ2) is 24.9. The number of rotatable bonds is 25. The van der Waals surface area contributed by atoms with Crippen LogP contribution in [-0.4, -0.2) is 137 Å². The van der Waals surface area contributed by atoms with E-state index in [0.717, 1.165) is 25.9 Å². The lowest BCUT2D eigenvalue weighted by atomic mass is 10.1. The molecule has 1 heterocycles. The lowest BCUT2D eigenvalue weighted by molar-refractivity contribution is -0.0313. The fourth-order valence-corrected chi connectivity index (χ4v) is 3.20. The smallest absolute Gasteiger partial charge is 0.407 e. The predicted octanol–water partition coefficient (Wildman–Crippen LogP) is 1.40. The number of ether oxygens (including phenoxy) is 9. The summed E-state index contributed by atoms with van der Waals surface area (Å²) in [5.41, 5.74) is -0.504. The molecule has 0 aromatic carbocycles. The second-order valence-corrected chi connectivity index (χ2v) is 9.54. The molecule has 2 N–H and O–H groups in total. The van der Waals surface area contributed by atoms with Crippen LogP contribution in [0.3, 0.4) is 0 Å². The van der Waals surface area contributed by atoms with Crippen molar-refractivity contribution in [1.82, 2.24) is 10.6 Å². The van der Waals surface area contributed by atoms with Gasteiger partial charge in [0.15, 0.2) is 0 Å². The number of carbonyl (C=O) groups is 1. The summed E-state index contributed by atoms with van der Waals surface area (Å²) in [4.78, 5) is 11.5. The summed E-state index contributed by atoms with van der Waals surface area (Å²) < 4.78 is 49.1. The van der Waals surface area contributed by atoms with Gasteiger partial charge in [0.1, 0.15) is 5.60 Å². The van der Waals surface area contributed by atoms with Crippen LogP contribution in [0, 0.1) is 0 Å². The zero-order valence-corrected chi connectivity index (χ0v) is 23.8. The molecule has 1 aliphatic rings. The summed E-state index contributed by atoms with van der Waals surface area (Å²) in [7, 11) is 0. The predicted molar refractivity (Wildman–Crippen MR) is 142 cm³/mol. The zero-order valence-electron chi connectivity index (χ0n) is 23.8. The van der Waals surface area contributed by atoms with Crippen molar-refractivity contribution >= 4 is 6.09 Å². The normalized spacial score (nSPS) is 14.6. The molecule has 0 radical (unpaired) electrons. The highest BCUT2D eigenvalue weighted by atomic mass is 16.6. The second-order valence-electron chi connectivity index (χ2n) is 9.54. The molecule has 226 valence electrons. The molecule has 38 heavy (non-hydrogen) atoms. The van der Waals surface area contributed by atoms with Gasteiger partial charge in [-0.25, -0.2) is 4.79 Å². The van der Waals surface area contributed by atoms with Crippen LogP contribution in [0.15, 0.2) is 0 Å². The van der Waals surface area contributed by atoms with Crippen molar-refractivity contribution in [2.24, 2.45) is 0 Å². The van der Waals surface area contributed by atoms with E-state index in [1.165, 1.54) is 0 Å². The standard InChI is InChI=1S/C26H52N2O10/c1-26(2,3)38-25(29)28-8-9-30-10-11-31-12-13-32-14-15-33-16-17-34-18-19-35-20-21-36-22-23-37-24-4-6-27-7-5-24/h24,27H,4-23H2,1-3H3,(H,28,29). The van der Waals surface area contributed by atoms with E-state index in [2.05, 4.69) is 10.6 Å². The number of hydrogen-bond donors (Lipinski definition) is 2. The first-order chi connectivity index (χ1) is 18.5. The average molecular weight is 553 g/mol. The van der Waals surface area contributed by atoms with Crippen LogP contribution >= 0.6 is 0 Å². The van der Waals surface area contributed by atoms with Gasteiger partial charge in [-0.05, 0) is 46.7 Å². The van der Waals surface area contributed by atoms with E-state index >= 15 is 0 Å². The van der Waals surface area contributed by atoms with E-state index < -0.39 is 11.7 Å². The monoisotopic (exact) mass is 552 g/mol. The molecule has 1 saturated heterocycles. The van der Waals surface area contributed by atoms with Crippen molar-refractivity contribution in [3.63, 3.8) is 0 Å². The van der Waals surface area contributed by atoms with Gasteiger partial charge in [0.2, 0.25) is 0 Å². The lowest BCUT2D eigenvalue weighted by Gasteiger charge is -2.22. The minimum atomic E-state index is -0.504. The quantitative estimate of drug-likeness (QED) is 0.160. The molecule has 0 aromatic heterocycles. The van der Waals surface area contributed by atoms with Crippen molar-refractivity contribution in [3.05, 3.63) is 0 Å². The Bertz CT molecular complexity index is 531. The van der Waals surface area contributed by atoms with Gasteiger partial charge in [0.25, 0.3) is 0 Å². The van der Waals surface area contributed by atoms with E-state index in [1.54, 1.807) is 0 Å². The Balaban J connectivity index is 1.65. The summed E-state index contributed by atoms with van der Waals surface area (Å²) in [6.07, 6.45) is 2.08. The molecule has 0 bridgehead atoms. The summed E-state index contributed by atoms with van der Waals surface area (Å²) in [5, 5.41) is 5.95. The van der Waals surface area contributed by atoms with Gasteiger partial charge in [0, 0.05) is 6.54 Å². The summed E-state index contributed by atoms with van der Waals surface area (Å²) >= 11 is 0. The Labute approximate surface area is 228 Å². The first-order valence-electron chi connectivity index (χ1n) is 13.8. The van der Waals surface area contributed by atoms with E-state index in [9.17, 15) is 4.79 Å². The molecule has 0 unspecified atom stereocenters. The Morgan fingerprint density at radius 2 is 1.00 bits per heavy atom. The molecule has 12 heteroatoms. The molecule has 0 aliphatic carbocycles. The van der Waals surface area contributed by atoms with E-state index in [4.69, 9.17) is 42.6 Å². The number of nitrogens with one attached hydrogen (secondary N) is 2. The SMILES string of the molecule is CC(C)(C)OC(=O)NCCOCCOCCOCCOCCOCCOCCOCCOC1CCNCC1. The molecular formula is C26H52N2O10. The third kappa shape index (κ3) is 25.2. The maximum atomic E-state index is 11.5. The van der Waals surface area contributed by atoms with Crippen LogP contribution < -0.4 is 10.6 Å². The fourth-order valence-electron chi connectivity index (χ4n) is 3.20. The minimum absolute atomic E-state index is 0.371. The third-order valence-electron chi connectivity index (χ3n) is 5.01. The largest absolute Gasteiger partial charge is 0.444 e. The average Bonchev–Trinajstić information content (AvgIpc) is 2.88. The van der Waals surface area contributed by atoms with Crippen LogP contribution in [0.1, 0.15) is 33.6 Å². The van der Waals surface area contributed by atoms with Gasteiger partial charge in [-0.1, -0.05) is 0 Å². The van der Waals surface area contributed by atoms with E-state index in [1.807, 2.05) is 20.8 Å². The number of piperidine rings is 1. The van der Waals surface area contributed by atoms with Crippen molar-refractivity contribution in [2.75, 3.05) is 119 Å². The Kier molecular flexibility index (Phi) is 22.9. The van der Waals surface area contributed by atoms with Gasteiger partial charge in [0.05, 0.1) is 105 Å². The zero-order chi connectivity index (χ0) is 27.6. The third-order valence-corrected chi connectivity index (χ3v) is 5.01. The van der Waals surface area contributed by atoms with Crippen molar-refractivity contribution < 1.29 is 47.4 Å². The Hall–Kier alpha value is -1.09.